The van der Waals surface area contributed by atoms with Gasteiger partial charge in [-0.05, 0) is 67.7 Å². The minimum atomic E-state index is -0.184. The maximum absolute atomic E-state index is 13.5. The minimum Gasteiger partial charge on any atom is -0.493 e. The quantitative estimate of drug-likeness (QED) is 0.257. The second kappa shape index (κ2) is 13.0. The lowest BCUT2D eigenvalue weighted by Crippen LogP contribution is -2.27. The molecule has 39 heavy (non-hydrogen) atoms. The summed E-state index contributed by atoms with van der Waals surface area (Å²) in [5, 5.41) is 27.3. The van der Waals surface area contributed by atoms with Crippen LogP contribution in [-0.4, -0.2) is 49.6 Å². The zero-order valence-electron chi connectivity index (χ0n) is 23.7. The molecule has 0 aliphatic heterocycles. The van der Waals surface area contributed by atoms with Gasteiger partial charge in [0.1, 0.15) is 12.3 Å². The number of fused-ring (bicyclic) bond motifs is 3. The van der Waals surface area contributed by atoms with E-state index >= 15 is 0 Å². The maximum Gasteiger partial charge on any atom is 0.242 e. The summed E-state index contributed by atoms with van der Waals surface area (Å²) in [5.41, 5.74) is 4.13. The summed E-state index contributed by atoms with van der Waals surface area (Å²) in [4.78, 5) is 13.5. The molecule has 0 saturated carbocycles. The summed E-state index contributed by atoms with van der Waals surface area (Å²) >= 11 is 0. The molecule has 1 aliphatic carbocycles. The van der Waals surface area contributed by atoms with E-state index in [1.54, 1.807) is 6.07 Å². The Balaban J connectivity index is 0.00000420. The van der Waals surface area contributed by atoms with Crippen LogP contribution < -0.4 is 15.1 Å². The molecule has 0 unspecified atom stereocenters. The highest BCUT2D eigenvalue weighted by atomic mass is 35.5. The number of carbonyl (C=O) groups is 1. The average Bonchev–Trinajstić information content (AvgIpc) is 3.21. The van der Waals surface area contributed by atoms with E-state index in [1.165, 1.54) is 9.20 Å². The molecule has 0 spiro atoms. The lowest BCUT2D eigenvalue weighted by Gasteiger charge is -2.22. The third-order valence-corrected chi connectivity index (χ3v) is 7.20. The van der Waals surface area contributed by atoms with Crippen LogP contribution in [0.1, 0.15) is 93.8 Å². The Kier molecular flexibility index (Phi) is 10.2. The highest BCUT2D eigenvalue weighted by molar-refractivity contribution is 5.96. The largest absolute Gasteiger partial charge is 0.493 e. The number of nitrogens with one attached hydrogen (secondary N) is 1. The van der Waals surface area contributed by atoms with Crippen molar-refractivity contribution in [1.29, 1.82) is 5.41 Å². The number of aromatic nitrogens is 4. The number of carbonyl (C=O) groups excluding carboxylic acids is 1. The van der Waals surface area contributed by atoms with E-state index in [4.69, 9.17) is 30.2 Å². The van der Waals surface area contributed by atoms with Crippen molar-refractivity contribution in [3.8, 4) is 11.6 Å². The Morgan fingerprint density at radius 3 is 2.44 bits per heavy atom. The predicted octanol–water partition coefficient (Wildman–Crippen LogP) is 4.82. The molecule has 3 aromatic rings. The number of Topliss-reactive ketones (excluding diaryl/α,β-unsaturated/α-hetero) is 1. The number of ketones is 1. The lowest BCUT2D eigenvalue weighted by molar-refractivity contribution is 0.0964. The van der Waals surface area contributed by atoms with E-state index in [9.17, 15) is 4.79 Å². The molecule has 2 N–H and O–H groups in total. The van der Waals surface area contributed by atoms with Gasteiger partial charge in [0.15, 0.2) is 11.4 Å². The van der Waals surface area contributed by atoms with Crippen molar-refractivity contribution in [2.75, 3.05) is 13.2 Å². The van der Waals surface area contributed by atoms with Crippen LogP contribution in [0.2, 0.25) is 0 Å². The average molecular weight is 560 g/mol. The Morgan fingerprint density at radius 2 is 1.79 bits per heavy atom. The summed E-state index contributed by atoms with van der Waals surface area (Å²) in [7, 11) is 0. The van der Waals surface area contributed by atoms with Gasteiger partial charge in [0.25, 0.3) is 0 Å². The minimum absolute atomic E-state index is 0. The molecular weight excluding hydrogens is 518 g/mol. The van der Waals surface area contributed by atoms with Gasteiger partial charge >= 0.3 is 0 Å². The molecule has 9 nitrogen and oxygen atoms in total. The molecule has 0 radical (unpaired) electrons. The van der Waals surface area contributed by atoms with E-state index in [0.29, 0.717) is 35.9 Å². The van der Waals surface area contributed by atoms with Crippen LogP contribution in [0.3, 0.4) is 0 Å². The van der Waals surface area contributed by atoms with Crippen molar-refractivity contribution >= 4 is 23.8 Å². The second-order valence-corrected chi connectivity index (χ2v) is 11.1. The first-order valence-electron chi connectivity index (χ1n) is 13.8. The van der Waals surface area contributed by atoms with Crippen LogP contribution in [0.15, 0.2) is 18.2 Å². The van der Waals surface area contributed by atoms with Crippen LogP contribution in [-0.2, 0) is 24.8 Å². The number of hydrogen-bond acceptors (Lipinski definition) is 7. The smallest absolute Gasteiger partial charge is 0.242 e. The molecule has 4 rings (SSSR count). The Morgan fingerprint density at radius 1 is 1.10 bits per heavy atom. The monoisotopic (exact) mass is 559 g/mol. The molecule has 0 atom stereocenters. The standard InChI is InChI=1S/C29H41N5O4.ClH/c1-6-21(7-2)38-27-24-12-9-8-11-23(24)26-31-33(28(30)34(26)32-27)18-25(36)19-15-20(29(3,4)5)17-22(16-19)37-14-10-13-35;/h15-17,21,30,35H,6-14,18H2,1-5H3;1H. The van der Waals surface area contributed by atoms with Gasteiger partial charge in [-0.2, -0.15) is 4.52 Å². The first-order chi connectivity index (χ1) is 18.2. The molecule has 0 fully saturated rings. The van der Waals surface area contributed by atoms with Crippen LogP contribution in [0.4, 0.5) is 0 Å². The normalized spacial score (nSPS) is 13.3. The molecule has 0 bridgehead atoms. The molecule has 2 heterocycles. The number of nitrogens with zero attached hydrogens (tertiary/aromatic N) is 4. The highest BCUT2D eigenvalue weighted by Crippen LogP contribution is 2.31. The van der Waals surface area contributed by atoms with Crippen LogP contribution in [0.25, 0.3) is 5.65 Å². The fourth-order valence-electron chi connectivity index (χ4n) is 4.81. The Labute approximate surface area is 236 Å². The molecule has 0 saturated heterocycles. The second-order valence-electron chi connectivity index (χ2n) is 11.1. The number of hydrogen-bond donors (Lipinski definition) is 2. The van der Waals surface area contributed by atoms with E-state index in [-0.39, 0.29) is 48.5 Å². The van der Waals surface area contributed by atoms with Crippen LogP contribution in [0.5, 0.6) is 11.6 Å². The van der Waals surface area contributed by atoms with E-state index in [1.807, 2.05) is 12.1 Å². The van der Waals surface area contributed by atoms with Crippen molar-refractivity contribution in [1.82, 2.24) is 19.4 Å². The van der Waals surface area contributed by atoms with Crippen LogP contribution in [0, 0.1) is 5.41 Å². The van der Waals surface area contributed by atoms with E-state index in [2.05, 4.69) is 34.6 Å². The fraction of sp³-hybridized carbons (Fsp3) is 0.586. The van der Waals surface area contributed by atoms with Gasteiger partial charge in [-0.3, -0.25) is 10.2 Å². The fourth-order valence-corrected chi connectivity index (χ4v) is 4.81. The third kappa shape index (κ3) is 6.81. The molecule has 1 aliphatic rings. The number of benzene rings is 1. The summed E-state index contributed by atoms with van der Waals surface area (Å²) in [6.07, 6.45) is 6.22. The zero-order chi connectivity index (χ0) is 27.4. The summed E-state index contributed by atoms with van der Waals surface area (Å²) < 4.78 is 15.0. The zero-order valence-corrected chi connectivity index (χ0v) is 24.6. The van der Waals surface area contributed by atoms with E-state index in [0.717, 1.165) is 55.2 Å². The van der Waals surface area contributed by atoms with Crippen molar-refractivity contribution < 1.29 is 19.4 Å². The third-order valence-electron chi connectivity index (χ3n) is 7.20. The van der Waals surface area contributed by atoms with Crippen LogP contribution >= 0.6 is 12.4 Å². The van der Waals surface area contributed by atoms with Gasteiger partial charge in [-0.15, -0.1) is 22.6 Å². The first-order valence-corrected chi connectivity index (χ1v) is 13.8. The predicted molar refractivity (Wildman–Crippen MR) is 152 cm³/mol. The molecule has 214 valence electrons. The SMILES string of the molecule is CCC(CC)Oc1nn2c(=N)n(CC(=O)c3cc(OCCCO)cc(C(C)(C)C)c3)nc2c2c1CCCC2.Cl. The number of ether oxygens (including phenoxy) is 2. The van der Waals surface area contributed by atoms with Gasteiger partial charge in [-0.1, -0.05) is 34.6 Å². The molecule has 2 aromatic heterocycles. The summed E-state index contributed by atoms with van der Waals surface area (Å²) in [5.74, 6) is 1.03. The molecular formula is C29H42ClN5O4. The van der Waals surface area contributed by atoms with E-state index < -0.39 is 0 Å². The van der Waals surface area contributed by atoms with Crippen molar-refractivity contribution in [3.63, 3.8) is 0 Å². The van der Waals surface area contributed by atoms with Crippen molar-refractivity contribution in [3.05, 3.63) is 46.1 Å². The topological polar surface area (TPSA) is 115 Å². The van der Waals surface area contributed by atoms with Crippen molar-refractivity contribution in [2.45, 2.75) is 97.6 Å². The van der Waals surface area contributed by atoms with Crippen molar-refractivity contribution in [2.24, 2.45) is 0 Å². The first kappa shape index (κ1) is 30.6. The summed E-state index contributed by atoms with van der Waals surface area (Å²) in [6, 6.07) is 5.57. The number of aryl methyl sites for hydroxylation is 1. The van der Waals surface area contributed by atoms with Gasteiger partial charge in [-0.25, -0.2) is 4.68 Å². The number of aliphatic hydroxyl groups excluding tert-OH is 1. The maximum atomic E-state index is 13.5. The number of aliphatic hydroxyl groups is 1. The summed E-state index contributed by atoms with van der Waals surface area (Å²) in [6.45, 7) is 10.8. The van der Waals surface area contributed by atoms with Gasteiger partial charge in [0.2, 0.25) is 11.5 Å². The van der Waals surface area contributed by atoms with Gasteiger partial charge < -0.3 is 14.6 Å². The highest BCUT2D eigenvalue weighted by Gasteiger charge is 2.25. The number of halogens is 1. The van der Waals surface area contributed by atoms with Gasteiger partial charge in [0, 0.05) is 29.7 Å². The lowest BCUT2D eigenvalue weighted by atomic mass is 9.85. The van der Waals surface area contributed by atoms with Gasteiger partial charge in [0.05, 0.1) is 12.7 Å². The molecule has 10 heteroatoms. The Hall–Kier alpha value is -2.91. The molecule has 0 amide bonds. The molecule has 1 aromatic carbocycles. The Bertz CT molecular complexity index is 1350. The number of rotatable bonds is 11.